The number of hydrogen-bond acceptors (Lipinski definition) is 6. The number of nitrogens with one attached hydrogen (secondary N) is 1. The number of halogens is 2. The molecule has 2 aliphatic heterocycles. The van der Waals surface area contributed by atoms with Gasteiger partial charge in [-0.25, -0.2) is 13.7 Å². The van der Waals surface area contributed by atoms with Gasteiger partial charge < -0.3 is 20.1 Å². The molecule has 0 aliphatic carbocycles. The lowest BCUT2D eigenvalue weighted by Gasteiger charge is -2.29. The molecule has 0 saturated carbocycles. The molecule has 0 spiro atoms. The van der Waals surface area contributed by atoms with E-state index in [1.165, 1.54) is 0 Å². The zero-order valence-corrected chi connectivity index (χ0v) is 15.2. The predicted octanol–water partition coefficient (Wildman–Crippen LogP) is 2.38. The van der Waals surface area contributed by atoms with Gasteiger partial charge in [0.2, 0.25) is 0 Å². The van der Waals surface area contributed by atoms with E-state index in [-0.39, 0.29) is 11.4 Å². The van der Waals surface area contributed by atoms with Crippen LogP contribution in [0.1, 0.15) is 0 Å². The summed E-state index contributed by atoms with van der Waals surface area (Å²) in [7, 11) is 0. The maximum Gasteiger partial charge on any atom is 0.281 e. The molecule has 150 valence electrons. The molecule has 7 nitrogen and oxygen atoms in total. The van der Waals surface area contributed by atoms with Gasteiger partial charge >= 0.3 is 0 Å². The van der Waals surface area contributed by atoms with E-state index in [1.807, 2.05) is 12.1 Å². The second kappa shape index (κ2) is 7.51. The van der Waals surface area contributed by atoms with Gasteiger partial charge in [0.1, 0.15) is 5.70 Å². The minimum atomic E-state index is -1.18. The Morgan fingerprint density at radius 2 is 1.55 bits per heavy atom. The first-order valence-corrected chi connectivity index (χ1v) is 8.92. The van der Waals surface area contributed by atoms with Gasteiger partial charge in [0.05, 0.1) is 18.9 Å². The number of aromatic hydroxyl groups is 1. The SMILES string of the molecule is O=C1C=C(Nc2cc(F)c(O)c(F)c2)C(=O)N1c1ccc(N2CCOCC2)cc1. The van der Waals surface area contributed by atoms with Gasteiger partial charge in [-0.1, -0.05) is 0 Å². The smallest absolute Gasteiger partial charge is 0.281 e. The number of anilines is 3. The highest BCUT2D eigenvalue weighted by atomic mass is 19.1. The molecular weight excluding hydrogens is 384 g/mol. The lowest BCUT2D eigenvalue weighted by atomic mass is 10.2. The summed E-state index contributed by atoms with van der Waals surface area (Å²) >= 11 is 0. The largest absolute Gasteiger partial charge is 0.503 e. The van der Waals surface area contributed by atoms with Crippen LogP contribution >= 0.6 is 0 Å². The molecule has 2 heterocycles. The van der Waals surface area contributed by atoms with Crippen LogP contribution in [0, 0.1) is 11.6 Å². The fraction of sp³-hybridized carbons (Fsp3) is 0.200. The van der Waals surface area contributed by atoms with Crippen LogP contribution in [0.5, 0.6) is 5.75 Å². The number of imide groups is 1. The first kappa shape index (κ1) is 18.9. The zero-order chi connectivity index (χ0) is 20.5. The van der Waals surface area contributed by atoms with Crippen LogP contribution in [-0.4, -0.2) is 43.2 Å². The maximum absolute atomic E-state index is 13.5. The zero-order valence-electron chi connectivity index (χ0n) is 15.2. The second-order valence-electron chi connectivity index (χ2n) is 6.57. The molecule has 4 rings (SSSR count). The Kier molecular flexibility index (Phi) is 4.89. The lowest BCUT2D eigenvalue weighted by molar-refractivity contribution is -0.120. The maximum atomic E-state index is 13.5. The number of carbonyl (C=O) groups is 2. The van der Waals surface area contributed by atoms with Crippen molar-refractivity contribution in [3.8, 4) is 5.75 Å². The van der Waals surface area contributed by atoms with Gasteiger partial charge in [-0.05, 0) is 24.3 Å². The number of morpholine rings is 1. The molecule has 2 aromatic carbocycles. The number of phenols is 1. The topological polar surface area (TPSA) is 82.1 Å². The van der Waals surface area contributed by atoms with Crippen molar-refractivity contribution in [3.63, 3.8) is 0 Å². The molecule has 1 saturated heterocycles. The van der Waals surface area contributed by atoms with E-state index >= 15 is 0 Å². The summed E-state index contributed by atoms with van der Waals surface area (Å²) in [5, 5.41) is 11.7. The molecule has 0 radical (unpaired) electrons. The fourth-order valence-corrected chi connectivity index (χ4v) is 3.23. The molecule has 9 heteroatoms. The summed E-state index contributed by atoms with van der Waals surface area (Å²) in [6.45, 7) is 2.80. The Morgan fingerprint density at radius 1 is 0.966 bits per heavy atom. The summed E-state index contributed by atoms with van der Waals surface area (Å²) in [6.07, 6.45) is 1.06. The molecule has 2 N–H and O–H groups in total. The van der Waals surface area contributed by atoms with Crippen LogP contribution in [0.3, 0.4) is 0 Å². The third-order valence-corrected chi connectivity index (χ3v) is 4.70. The van der Waals surface area contributed by atoms with Crippen LogP contribution in [0.2, 0.25) is 0 Å². The Labute approximate surface area is 164 Å². The van der Waals surface area contributed by atoms with Gasteiger partial charge in [0.25, 0.3) is 11.8 Å². The van der Waals surface area contributed by atoms with E-state index in [2.05, 4.69) is 10.2 Å². The molecule has 2 aliphatic rings. The van der Waals surface area contributed by atoms with Crippen LogP contribution in [0.15, 0.2) is 48.2 Å². The summed E-state index contributed by atoms with van der Waals surface area (Å²) in [5.41, 5.74) is 1.11. The molecule has 1 fully saturated rings. The molecule has 0 bridgehead atoms. The van der Waals surface area contributed by atoms with Crippen molar-refractivity contribution in [2.75, 3.05) is 41.4 Å². The number of phenolic OH excluding ortho intramolecular Hbond substituents is 1. The molecule has 0 aromatic heterocycles. The summed E-state index contributed by atoms with van der Waals surface area (Å²) in [5.74, 6) is -4.69. The van der Waals surface area contributed by atoms with Crippen molar-refractivity contribution in [3.05, 3.63) is 59.8 Å². The number of rotatable bonds is 4. The number of amides is 2. The molecule has 0 unspecified atom stereocenters. The summed E-state index contributed by atoms with van der Waals surface area (Å²) in [6, 6.07) is 8.62. The fourth-order valence-electron chi connectivity index (χ4n) is 3.23. The molecule has 29 heavy (non-hydrogen) atoms. The highest BCUT2D eigenvalue weighted by Crippen LogP contribution is 2.29. The van der Waals surface area contributed by atoms with E-state index < -0.39 is 29.2 Å². The second-order valence-corrected chi connectivity index (χ2v) is 6.57. The third-order valence-electron chi connectivity index (χ3n) is 4.70. The monoisotopic (exact) mass is 401 g/mol. The van der Waals surface area contributed by atoms with Crippen LogP contribution in [0.4, 0.5) is 25.8 Å². The van der Waals surface area contributed by atoms with E-state index in [0.717, 1.165) is 41.9 Å². The standard InChI is InChI=1S/C20H17F2N3O4/c21-15-9-12(10-16(22)19(15)27)23-17-11-18(26)25(20(17)28)14-3-1-13(2-4-14)24-5-7-29-8-6-24/h1-4,9-11,23,27H,5-8H2. The predicted molar refractivity (Wildman–Crippen MR) is 102 cm³/mol. The summed E-state index contributed by atoms with van der Waals surface area (Å²) < 4.78 is 32.3. The number of nitrogens with zero attached hydrogens (tertiary/aromatic N) is 2. The number of hydrogen-bond donors (Lipinski definition) is 2. The van der Waals surface area contributed by atoms with Gasteiger partial charge in [0, 0.05) is 42.7 Å². The first-order valence-electron chi connectivity index (χ1n) is 8.92. The van der Waals surface area contributed by atoms with Crippen molar-refractivity contribution >= 4 is 28.9 Å². The van der Waals surface area contributed by atoms with Crippen molar-refractivity contribution in [1.82, 2.24) is 0 Å². The highest BCUT2D eigenvalue weighted by molar-refractivity contribution is 6.31. The molecule has 0 atom stereocenters. The quantitative estimate of drug-likeness (QED) is 0.605. The van der Waals surface area contributed by atoms with Gasteiger partial charge in [0.15, 0.2) is 17.4 Å². The average Bonchev–Trinajstić information content (AvgIpc) is 3.00. The van der Waals surface area contributed by atoms with E-state index in [0.29, 0.717) is 18.9 Å². The van der Waals surface area contributed by atoms with Crippen LogP contribution in [0.25, 0.3) is 0 Å². The summed E-state index contributed by atoms with van der Waals surface area (Å²) in [4.78, 5) is 28.1. The number of benzene rings is 2. The Balaban J connectivity index is 1.51. The minimum absolute atomic E-state index is 0.102. The number of ether oxygens (including phenoxy) is 1. The van der Waals surface area contributed by atoms with Crippen molar-refractivity contribution in [2.45, 2.75) is 0 Å². The minimum Gasteiger partial charge on any atom is -0.503 e. The molecule has 2 amide bonds. The normalized spacial score (nSPS) is 17.0. The third kappa shape index (κ3) is 3.64. The van der Waals surface area contributed by atoms with Crippen molar-refractivity contribution in [1.29, 1.82) is 0 Å². The lowest BCUT2D eigenvalue weighted by Crippen LogP contribution is -2.36. The van der Waals surface area contributed by atoms with Crippen LogP contribution < -0.4 is 15.1 Å². The molecular formula is C20H17F2N3O4. The number of carbonyl (C=O) groups excluding carboxylic acids is 2. The van der Waals surface area contributed by atoms with E-state index in [9.17, 15) is 18.4 Å². The Hall–Kier alpha value is -3.46. The average molecular weight is 401 g/mol. The Morgan fingerprint density at radius 3 is 2.17 bits per heavy atom. The van der Waals surface area contributed by atoms with Crippen molar-refractivity contribution < 1.29 is 28.2 Å². The van der Waals surface area contributed by atoms with Crippen LogP contribution in [-0.2, 0) is 14.3 Å². The molecule has 2 aromatic rings. The highest BCUT2D eigenvalue weighted by Gasteiger charge is 2.33. The van der Waals surface area contributed by atoms with Gasteiger partial charge in [-0.2, -0.15) is 0 Å². The van der Waals surface area contributed by atoms with Gasteiger partial charge in [-0.15, -0.1) is 0 Å². The Bertz CT molecular complexity index is 978. The first-order chi connectivity index (χ1) is 13.9. The van der Waals surface area contributed by atoms with Crippen molar-refractivity contribution in [2.24, 2.45) is 0 Å². The van der Waals surface area contributed by atoms with E-state index in [4.69, 9.17) is 9.84 Å². The van der Waals surface area contributed by atoms with E-state index in [1.54, 1.807) is 12.1 Å². The van der Waals surface area contributed by atoms with Gasteiger partial charge in [-0.3, -0.25) is 9.59 Å².